The van der Waals surface area contributed by atoms with E-state index in [0.717, 1.165) is 22.3 Å². The molecule has 0 amide bonds. The topological polar surface area (TPSA) is 63.6 Å². The van der Waals surface area contributed by atoms with E-state index in [-0.39, 0.29) is 23.1 Å². The standard InChI is InChI=1S/C31H25BrO4/c1-3-19-14-15-24-29(34)23(20-10-6-4-7-11-20)18-27(33)31(24,22-12-8-5-9-13-22)28(19)21-16-25(32)30(35)26(17-21)36-2/h3-14,16-18,24,28,35H,1,15H2,2H3. The van der Waals surface area contributed by atoms with Gasteiger partial charge in [0.2, 0.25) is 0 Å². The Hall–Kier alpha value is -3.70. The van der Waals surface area contributed by atoms with Gasteiger partial charge in [-0.25, -0.2) is 0 Å². The van der Waals surface area contributed by atoms with E-state index in [4.69, 9.17) is 4.74 Å². The number of carbonyl (C=O) groups excluding carboxylic acids is 2. The lowest BCUT2D eigenvalue weighted by Crippen LogP contribution is -2.54. The number of halogens is 1. The number of benzene rings is 3. The number of Topliss-reactive ketones (excluding diaryl/α,β-unsaturated/α-hetero) is 1. The Balaban J connectivity index is 1.83. The average Bonchev–Trinajstić information content (AvgIpc) is 2.92. The molecule has 1 N–H and O–H groups in total. The molecule has 0 heterocycles. The minimum Gasteiger partial charge on any atom is -0.503 e. The second kappa shape index (κ2) is 9.40. The molecule has 0 aliphatic heterocycles. The number of allylic oxidation sites excluding steroid dienone is 5. The fraction of sp³-hybridized carbons (Fsp3) is 0.161. The Bertz CT molecular complexity index is 1420. The highest BCUT2D eigenvalue weighted by atomic mass is 79.9. The molecule has 5 rings (SSSR count). The minimum atomic E-state index is -1.18. The smallest absolute Gasteiger partial charge is 0.172 e. The Morgan fingerprint density at radius 1 is 1.06 bits per heavy atom. The van der Waals surface area contributed by atoms with Crippen molar-refractivity contribution in [3.05, 3.63) is 124 Å². The van der Waals surface area contributed by atoms with Gasteiger partial charge in [-0.15, -0.1) is 0 Å². The van der Waals surface area contributed by atoms with Gasteiger partial charge < -0.3 is 9.84 Å². The number of rotatable bonds is 5. The van der Waals surface area contributed by atoms with Crippen molar-refractivity contribution in [3.8, 4) is 11.5 Å². The number of ether oxygens (including phenoxy) is 1. The summed E-state index contributed by atoms with van der Waals surface area (Å²) in [5.74, 6) is -1.06. The molecule has 0 bridgehead atoms. The van der Waals surface area contributed by atoms with Gasteiger partial charge in [-0.3, -0.25) is 9.59 Å². The number of hydrogen-bond acceptors (Lipinski definition) is 4. The van der Waals surface area contributed by atoms with E-state index in [1.807, 2.05) is 66.7 Å². The Labute approximate surface area is 218 Å². The van der Waals surface area contributed by atoms with E-state index >= 15 is 0 Å². The van der Waals surface area contributed by atoms with Gasteiger partial charge in [0, 0.05) is 17.4 Å². The third-order valence-electron chi connectivity index (χ3n) is 7.37. The lowest BCUT2D eigenvalue weighted by atomic mass is 9.50. The summed E-state index contributed by atoms with van der Waals surface area (Å²) < 4.78 is 5.88. The molecule has 3 atom stereocenters. The predicted molar refractivity (Wildman–Crippen MR) is 144 cm³/mol. The molecule has 3 aromatic carbocycles. The summed E-state index contributed by atoms with van der Waals surface area (Å²) in [5, 5.41) is 10.5. The zero-order chi connectivity index (χ0) is 25.4. The van der Waals surface area contributed by atoms with E-state index in [9.17, 15) is 14.7 Å². The van der Waals surface area contributed by atoms with Gasteiger partial charge in [-0.1, -0.05) is 79.4 Å². The van der Waals surface area contributed by atoms with Crippen molar-refractivity contribution in [2.45, 2.75) is 17.8 Å². The van der Waals surface area contributed by atoms with Crippen LogP contribution in [0.15, 0.2) is 108 Å². The molecule has 0 radical (unpaired) electrons. The molecule has 4 nitrogen and oxygen atoms in total. The molecule has 180 valence electrons. The molecule has 2 aliphatic rings. The Kier molecular flexibility index (Phi) is 6.27. The van der Waals surface area contributed by atoms with E-state index in [1.165, 1.54) is 13.2 Å². The maximum Gasteiger partial charge on any atom is 0.172 e. The van der Waals surface area contributed by atoms with Crippen LogP contribution in [-0.4, -0.2) is 23.8 Å². The molecule has 0 saturated heterocycles. The van der Waals surface area contributed by atoms with Crippen LogP contribution in [0, 0.1) is 5.92 Å². The summed E-state index contributed by atoms with van der Waals surface area (Å²) in [5.41, 5.74) is 2.37. The molecule has 0 saturated carbocycles. The molecule has 5 heteroatoms. The van der Waals surface area contributed by atoms with Crippen molar-refractivity contribution in [1.29, 1.82) is 0 Å². The minimum absolute atomic E-state index is 0.0243. The summed E-state index contributed by atoms with van der Waals surface area (Å²) in [7, 11) is 1.48. The molecule has 0 fully saturated rings. The number of phenolic OH excluding ortho intramolecular Hbond substituents is 1. The van der Waals surface area contributed by atoms with Crippen LogP contribution in [0.4, 0.5) is 0 Å². The Morgan fingerprint density at radius 2 is 1.72 bits per heavy atom. The fourth-order valence-corrected chi connectivity index (χ4v) is 6.26. The quantitative estimate of drug-likeness (QED) is 0.398. The largest absolute Gasteiger partial charge is 0.503 e. The van der Waals surface area contributed by atoms with Crippen LogP contribution >= 0.6 is 15.9 Å². The molecule has 2 aliphatic carbocycles. The molecule has 3 aromatic rings. The van der Waals surface area contributed by atoms with Gasteiger partial charge in [-0.2, -0.15) is 0 Å². The first-order valence-corrected chi connectivity index (χ1v) is 12.5. The molecule has 0 aromatic heterocycles. The molecular weight excluding hydrogens is 516 g/mol. The average molecular weight is 541 g/mol. The summed E-state index contributed by atoms with van der Waals surface area (Å²) in [6.45, 7) is 4.04. The first-order chi connectivity index (χ1) is 17.4. The predicted octanol–water partition coefficient (Wildman–Crippen LogP) is 6.55. The zero-order valence-electron chi connectivity index (χ0n) is 19.8. The summed E-state index contributed by atoms with van der Waals surface area (Å²) in [6, 6.07) is 22.4. The first kappa shape index (κ1) is 24.0. The van der Waals surface area contributed by atoms with Crippen LogP contribution in [-0.2, 0) is 15.0 Å². The van der Waals surface area contributed by atoms with Gasteiger partial charge in [0.1, 0.15) is 0 Å². The number of hydrogen-bond donors (Lipinski definition) is 1. The highest BCUT2D eigenvalue weighted by Gasteiger charge is 2.59. The zero-order valence-corrected chi connectivity index (χ0v) is 21.4. The van der Waals surface area contributed by atoms with Gasteiger partial charge in [0.15, 0.2) is 23.1 Å². The van der Waals surface area contributed by atoms with Crippen LogP contribution in [0.3, 0.4) is 0 Å². The van der Waals surface area contributed by atoms with Crippen LogP contribution in [0.5, 0.6) is 11.5 Å². The monoisotopic (exact) mass is 540 g/mol. The van der Waals surface area contributed by atoms with Crippen molar-refractivity contribution < 1.29 is 19.4 Å². The lowest BCUT2D eigenvalue weighted by molar-refractivity contribution is -0.131. The first-order valence-electron chi connectivity index (χ1n) is 11.7. The van der Waals surface area contributed by atoms with E-state index in [2.05, 4.69) is 22.5 Å². The van der Waals surface area contributed by atoms with Gasteiger partial charge in [0.05, 0.1) is 17.0 Å². The van der Waals surface area contributed by atoms with Gasteiger partial charge in [0.25, 0.3) is 0 Å². The number of ketones is 2. The van der Waals surface area contributed by atoms with Crippen molar-refractivity contribution in [1.82, 2.24) is 0 Å². The third kappa shape index (κ3) is 3.58. The summed E-state index contributed by atoms with van der Waals surface area (Å²) in [4.78, 5) is 28.6. The maximum absolute atomic E-state index is 14.4. The molecular formula is C31H25BrO4. The number of fused-ring (bicyclic) bond motifs is 1. The molecule has 0 spiro atoms. The number of methoxy groups -OCH3 is 1. The highest BCUT2D eigenvalue weighted by molar-refractivity contribution is 9.10. The third-order valence-corrected chi connectivity index (χ3v) is 7.97. The van der Waals surface area contributed by atoms with E-state index < -0.39 is 17.3 Å². The maximum atomic E-state index is 14.4. The van der Waals surface area contributed by atoms with Crippen LogP contribution < -0.4 is 4.74 Å². The number of aromatic hydroxyl groups is 1. The second-order valence-electron chi connectivity index (χ2n) is 9.07. The normalized spacial score (nSPS) is 23.4. The molecule has 3 unspecified atom stereocenters. The molecule has 36 heavy (non-hydrogen) atoms. The number of carbonyl (C=O) groups is 2. The van der Waals surface area contributed by atoms with Crippen molar-refractivity contribution in [3.63, 3.8) is 0 Å². The van der Waals surface area contributed by atoms with Crippen LogP contribution in [0.25, 0.3) is 5.57 Å². The van der Waals surface area contributed by atoms with Crippen LogP contribution in [0.2, 0.25) is 0 Å². The Morgan fingerprint density at radius 3 is 2.36 bits per heavy atom. The highest BCUT2D eigenvalue weighted by Crippen LogP contribution is 2.58. The van der Waals surface area contributed by atoms with Crippen molar-refractivity contribution >= 4 is 33.1 Å². The van der Waals surface area contributed by atoms with Crippen molar-refractivity contribution in [2.75, 3.05) is 7.11 Å². The second-order valence-corrected chi connectivity index (χ2v) is 9.93. The summed E-state index contributed by atoms with van der Waals surface area (Å²) in [6.07, 6.45) is 5.70. The van der Waals surface area contributed by atoms with Crippen LogP contribution in [0.1, 0.15) is 29.0 Å². The van der Waals surface area contributed by atoms with Crippen molar-refractivity contribution in [2.24, 2.45) is 5.92 Å². The lowest BCUT2D eigenvalue weighted by Gasteiger charge is -2.49. The van der Waals surface area contributed by atoms with E-state index in [1.54, 1.807) is 18.2 Å². The van der Waals surface area contributed by atoms with E-state index in [0.29, 0.717) is 16.5 Å². The van der Waals surface area contributed by atoms with Gasteiger partial charge >= 0.3 is 0 Å². The van der Waals surface area contributed by atoms with Gasteiger partial charge in [-0.05, 0) is 62.8 Å². The summed E-state index contributed by atoms with van der Waals surface area (Å²) >= 11 is 3.44. The fourth-order valence-electron chi connectivity index (χ4n) is 5.80. The SMILES string of the molecule is C=CC1=CCC2C(=O)C(c3ccccc3)=CC(=O)C2(c2ccccc2)C1c1cc(Br)c(O)c(OC)c1. The number of phenols is 1.